The number of amides is 1. The molecule has 1 saturated carbocycles. The van der Waals surface area contributed by atoms with Crippen LogP contribution in [0.4, 0.5) is 0 Å². The summed E-state index contributed by atoms with van der Waals surface area (Å²) in [6.45, 7) is 1.54. The van der Waals surface area contributed by atoms with Gasteiger partial charge in [0.05, 0.1) is 38.6 Å². The zero-order valence-corrected chi connectivity index (χ0v) is 14.4. The molecule has 0 aromatic carbocycles. The average molecular weight is 346 g/mol. The van der Waals surface area contributed by atoms with Gasteiger partial charge in [0.2, 0.25) is 11.7 Å². The Morgan fingerprint density at radius 3 is 2.92 bits per heavy atom. The van der Waals surface area contributed by atoms with E-state index in [2.05, 4.69) is 11.1 Å². The van der Waals surface area contributed by atoms with Crippen LogP contribution in [-0.4, -0.2) is 47.2 Å². The Bertz CT molecular complexity index is 746. The fourth-order valence-electron chi connectivity index (χ4n) is 3.46. The minimum Gasteiger partial charge on any atom is -0.485 e. The second-order valence-electron chi connectivity index (χ2n) is 6.49. The molecule has 1 fully saturated rings. The van der Waals surface area contributed by atoms with E-state index < -0.39 is 5.41 Å². The van der Waals surface area contributed by atoms with Crippen LogP contribution in [0.5, 0.6) is 5.75 Å². The first-order chi connectivity index (χ1) is 12.1. The zero-order valence-electron chi connectivity index (χ0n) is 14.4. The van der Waals surface area contributed by atoms with Gasteiger partial charge in [0.1, 0.15) is 17.7 Å². The number of nitrogens with zero attached hydrogens (tertiary/aromatic N) is 4. The maximum absolute atomic E-state index is 12.9. The molecule has 0 atom stereocenters. The van der Waals surface area contributed by atoms with Crippen molar-refractivity contribution in [3.8, 4) is 11.8 Å². The van der Waals surface area contributed by atoms with Crippen LogP contribution in [0.25, 0.3) is 0 Å². The van der Waals surface area contributed by atoms with Crippen LogP contribution in [0.15, 0.2) is 11.1 Å². The Morgan fingerprint density at radius 2 is 2.24 bits per heavy atom. The number of carbonyl (C=O) groups excluding carboxylic acids is 1. The van der Waals surface area contributed by atoms with Gasteiger partial charge in [0.25, 0.3) is 5.56 Å². The van der Waals surface area contributed by atoms with Gasteiger partial charge in [-0.05, 0) is 12.8 Å². The van der Waals surface area contributed by atoms with E-state index in [4.69, 9.17) is 9.47 Å². The third-order valence-electron chi connectivity index (χ3n) is 4.92. The van der Waals surface area contributed by atoms with Gasteiger partial charge in [-0.2, -0.15) is 5.26 Å². The van der Waals surface area contributed by atoms with Gasteiger partial charge in [0, 0.05) is 7.11 Å². The van der Waals surface area contributed by atoms with Crippen molar-refractivity contribution in [2.45, 2.75) is 38.8 Å². The molecule has 1 aliphatic carbocycles. The van der Waals surface area contributed by atoms with Crippen molar-refractivity contribution in [2.75, 3.05) is 26.9 Å². The standard InChI is InChI=1S/C17H22N4O4/c1-24-8-6-21-12-19-13-10-20(7-9-25-14(13)15(21)22)16(23)17(11-18)4-2-3-5-17/h12H,2-10H2,1H3. The summed E-state index contributed by atoms with van der Waals surface area (Å²) in [7, 11) is 1.57. The Balaban J connectivity index is 1.85. The summed E-state index contributed by atoms with van der Waals surface area (Å²) >= 11 is 0. The molecule has 0 spiro atoms. The number of aromatic nitrogens is 2. The number of rotatable bonds is 4. The summed E-state index contributed by atoms with van der Waals surface area (Å²) in [6.07, 6.45) is 4.43. The van der Waals surface area contributed by atoms with Crippen LogP contribution in [0.2, 0.25) is 0 Å². The minimum atomic E-state index is -0.933. The highest BCUT2D eigenvalue weighted by atomic mass is 16.5. The molecule has 1 amide bonds. The van der Waals surface area contributed by atoms with Crippen LogP contribution in [0.1, 0.15) is 31.4 Å². The normalized spacial score (nSPS) is 18.8. The third-order valence-corrected chi connectivity index (χ3v) is 4.92. The second kappa shape index (κ2) is 7.23. The maximum atomic E-state index is 12.9. The molecule has 3 rings (SSSR count). The maximum Gasteiger partial charge on any atom is 0.296 e. The van der Waals surface area contributed by atoms with Crippen molar-refractivity contribution < 1.29 is 14.3 Å². The van der Waals surface area contributed by atoms with Gasteiger partial charge in [-0.1, -0.05) is 12.8 Å². The van der Waals surface area contributed by atoms with E-state index in [9.17, 15) is 14.9 Å². The number of hydrogen-bond acceptors (Lipinski definition) is 6. The molecule has 1 aromatic heterocycles. The lowest BCUT2D eigenvalue weighted by atomic mass is 9.86. The first-order valence-corrected chi connectivity index (χ1v) is 8.52. The Hall–Kier alpha value is -2.40. The molecule has 2 aliphatic rings. The zero-order chi connectivity index (χ0) is 17.9. The van der Waals surface area contributed by atoms with Gasteiger partial charge in [-0.25, -0.2) is 4.98 Å². The first kappa shape index (κ1) is 17.4. The Kier molecular flexibility index (Phi) is 5.04. The lowest BCUT2D eigenvalue weighted by molar-refractivity contribution is -0.139. The van der Waals surface area contributed by atoms with Gasteiger partial charge in [0.15, 0.2) is 0 Å². The van der Waals surface area contributed by atoms with E-state index in [0.29, 0.717) is 38.2 Å². The summed E-state index contributed by atoms with van der Waals surface area (Å²) in [5.41, 5.74) is -0.763. The van der Waals surface area contributed by atoms with Crippen LogP contribution in [-0.2, 0) is 22.6 Å². The smallest absolute Gasteiger partial charge is 0.296 e. The second-order valence-corrected chi connectivity index (χ2v) is 6.49. The van der Waals surface area contributed by atoms with Crippen LogP contribution >= 0.6 is 0 Å². The predicted octanol–water partition coefficient (Wildman–Crippen LogP) is 0.695. The van der Waals surface area contributed by atoms with Crippen molar-refractivity contribution in [1.29, 1.82) is 5.26 Å². The third kappa shape index (κ3) is 3.24. The molecule has 0 radical (unpaired) electrons. The van der Waals surface area contributed by atoms with Crippen molar-refractivity contribution in [1.82, 2.24) is 14.5 Å². The molecule has 0 saturated heterocycles. The minimum absolute atomic E-state index is 0.172. The van der Waals surface area contributed by atoms with E-state index in [1.807, 2.05) is 0 Å². The summed E-state index contributed by atoms with van der Waals surface area (Å²) in [5, 5.41) is 9.54. The lowest BCUT2D eigenvalue weighted by Gasteiger charge is -2.28. The number of nitriles is 1. The Labute approximate surface area is 146 Å². The molecule has 8 heteroatoms. The topological polar surface area (TPSA) is 97.5 Å². The summed E-state index contributed by atoms with van der Waals surface area (Å²) < 4.78 is 12.0. The molecule has 0 bridgehead atoms. The predicted molar refractivity (Wildman–Crippen MR) is 87.8 cm³/mol. The van der Waals surface area contributed by atoms with Crippen molar-refractivity contribution in [2.24, 2.45) is 5.41 Å². The average Bonchev–Trinajstić information content (AvgIpc) is 3.01. The van der Waals surface area contributed by atoms with Gasteiger partial charge in [-0.3, -0.25) is 14.2 Å². The molecule has 0 N–H and O–H groups in total. The molecule has 0 unspecified atom stereocenters. The SMILES string of the molecule is COCCn1cnc2c(c1=O)OCCN(C(=O)C1(C#N)CCCC1)C2. The number of methoxy groups -OCH3 is 1. The highest BCUT2D eigenvalue weighted by molar-refractivity contribution is 5.85. The largest absolute Gasteiger partial charge is 0.485 e. The molecule has 25 heavy (non-hydrogen) atoms. The number of fused-ring (bicyclic) bond motifs is 1. The fourth-order valence-corrected chi connectivity index (χ4v) is 3.46. The monoisotopic (exact) mass is 346 g/mol. The van der Waals surface area contributed by atoms with E-state index in [0.717, 1.165) is 12.8 Å². The van der Waals surface area contributed by atoms with E-state index in [1.54, 1.807) is 12.0 Å². The Morgan fingerprint density at radius 1 is 1.48 bits per heavy atom. The highest BCUT2D eigenvalue weighted by Crippen LogP contribution is 2.39. The van der Waals surface area contributed by atoms with E-state index >= 15 is 0 Å². The van der Waals surface area contributed by atoms with Crippen molar-refractivity contribution in [3.63, 3.8) is 0 Å². The quantitative estimate of drug-likeness (QED) is 0.796. The number of hydrogen-bond donors (Lipinski definition) is 0. The van der Waals surface area contributed by atoms with Gasteiger partial charge < -0.3 is 14.4 Å². The van der Waals surface area contributed by atoms with E-state index in [1.165, 1.54) is 10.9 Å². The molecule has 1 aliphatic heterocycles. The molecular weight excluding hydrogens is 324 g/mol. The highest BCUT2D eigenvalue weighted by Gasteiger charge is 2.44. The first-order valence-electron chi connectivity index (χ1n) is 8.52. The number of carbonyl (C=O) groups is 1. The molecular formula is C17H22N4O4. The van der Waals surface area contributed by atoms with Crippen LogP contribution < -0.4 is 10.3 Å². The molecule has 8 nitrogen and oxygen atoms in total. The summed E-state index contributed by atoms with van der Waals surface area (Å²) in [5.74, 6) is 0.0145. The number of ether oxygens (including phenoxy) is 2. The summed E-state index contributed by atoms with van der Waals surface area (Å²) in [4.78, 5) is 31.4. The molecule has 2 heterocycles. The summed E-state index contributed by atoms with van der Waals surface area (Å²) in [6, 6.07) is 2.23. The van der Waals surface area contributed by atoms with Gasteiger partial charge in [-0.15, -0.1) is 0 Å². The fraction of sp³-hybridized carbons (Fsp3) is 0.647. The van der Waals surface area contributed by atoms with Crippen molar-refractivity contribution in [3.05, 3.63) is 22.4 Å². The van der Waals surface area contributed by atoms with Gasteiger partial charge >= 0.3 is 0 Å². The lowest BCUT2D eigenvalue weighted by Crippen LogP contribution is -2.42. The van der Waals surface area contributed by atoms with E-state index in [-0.39, 0.29) is 30.4 Å². The van der Waals surface area contributed by atoms with Crippen LogP contribution in [0, 0.1) is 16.7 Å². The van der Waals surface area contributed by atoms with Crippen molar-refractivity contribution >= 4 is 5.91 Å². The molecule has 134 valence electrons. The molecule has 1 aromatic rings. The van der Waals surface area contributed by atoms with Crippen LogP contribution in [0.3, 0.4) is 0 Å².